The lowest BCUT2D eigenvalue weighted by Gasteiger charge is -2.32. The van der Waals surface area contributed by atoms with Gasteiger partial charge in [-0.05, 0) is 62.0 Å². The number of benzene rings is 2. The van der Waals surface area contributed by atoms with E-state index in [2.05, 4.69) is 0 Å². The van der Waals surface area contributed by atoms with Crippen LogP contribution in [0.2, 0.25) is 0 Å². The molecule has 0 spiro atoms. The molecule has 1 heterocycles. The molecule has 1 fully saturated rings. The molecule has 1 aliphatic heterocycles. The Morgan fingerprint density at radius 3 is 1.93 bits per heavy atom. The predicted octanol–water partition coefficient (Wildman–Crippen LogP) is 5.35. The van der Waals surface area contributed by atoms with Crippen molar-refractivity contribution in [2.24, 2.45) is 0 Å². The van der Waals surface area contributed by atoms with Crippen molar-refractivity contribution in [3.05, 3.63) is 59.6 Å². The van der Waals surface area contributed by atoms with Gasteiger partial charge < -0.3 is 14.4 Å². The summed E-state index contributed by atoms with van der Waals surface area (Å²) in [6, 6.07) is 15.3. The molecule has 0 aliphatic carbocycles. The summed E-state index contributed by atoms with van der Waals surface area (Å²) in [5.41, 5.74) is 3.19. The van der Waals surface area contributed by atoms with Gasteiger partial charge in [-0.25, -0.2) is 0 Å². The number of hydrogen-bond donors (Lipinski definition) is 1. The highest BCUT2D eigenvalue weighted by molar-refractivity contribution is 8.13. The summed E-state index contributed by atoms with van der Waals surface area (Å²) in [6.45, 7) is 9.66. The molecule has 1 saturated heterocycles. The Balaban J connectivity index is 1.85. The van der Waals surface area contributed by atoms with Crippen LogP contribution in [0.4, 0.5) is 0 Å². The maximum Gasteiger partial charge on any atom is 0.491 e. The van der Waals surface area contributed by atoms with E-state index in [0.717, 1.165) is 22.2 Å². The van der Waals surface area contributed by atoms with Gasteiger partial charge in [0.15, 0.2) is 5.12 Å². The van der Waals surface area contributed by atoms with Crippen LogP contribution in [-0.4, -0.2) is 34.3 Å². The van der Waals surface area contributed by atoms with E-state index in [-0.39, 0.29) is 10.9 Å². The van der Waals surface area contributed by atoms with Crippen LogP contribution in [-0.2, 0) is 14.1 Å². The molecular weight excluding hydrogens is 383 g/mol. The van der Waals surface area contributed by atoms with Gasteiger partial charge >= 0.3 is 7.12 Å². The van der Waals surface area contributed by atoms with Crippen molar-refractivity contribution < 1.29 is 19.2 Å². The van der Waals surface area contributed by atoms with Gasteiger partial charge in [0, 0.05) is 12.7 Å². The molecule has 1 N–H and O–H groups in total. The molecule has 4 nitrogen and oxygen atoms in total. The Hall–Kier alpha value is -2.02. The Morgan fingerprint density at radius 1 is 0.966 bits per heavy atom. The number of hydrogen-bond acceptors (Lipinski definition) is 5. The van der Waals surface area contributed by atoms with E-state index < -0.39 is 18.3 Å². The molecule has 3 rings (SSSR count). The van der Waals surface area contributed by atoms with Crippen molar-refractivity contribution in [3.63, 3.8) is 0 Å². The fourth-order valence-electron chi connectivity index (χ4n) is 3.00. The van der Waals surface area contributed by atoms with Crippen LogP contribution in [0.1, 0.15) is 40.2 Å². The van der Waals surface area contributed by atoms with Crippen molar-refractivity contribution in [1.29, 1.82) is 0 Å². The van der Waals surface area contributed by atoms with Gasteiger partial charge in [0.25, 0.3) is 0 Å². The normalized spacial score (nSPS) is 18.1. The van der Waals surface area contributed by atoms with E-state index in [4.69, 9.17) is 9.31 Å². The topological polar surface area (TPSA) is 55.8 Å². The number of aromatic hydroxyl groups is 1. The Labute approximate surface area is 177 Å². The molecule has 152 valence electrons. The van der Waals surface area contributed by atoms with Gasteiger partial charge in [-0.3, -0.25) is 4.79 Å². The summed E-state index contributed by atoms with van der Waals surface area (Å²) in [5.74, 6) is 0.773. The second kappa shape index (κ2) is 8.38. The average molecular weight is 410 g/mol. The molecule has 0 unspecified atom stereocenters. The van der Waals surface area contributed by atoms with Gasteiger partial charge in [0.1, 0.15) is 5.75 Å². The second-order valence-electron chi connectivity index (χ2n) is 8.26. The fraction of sp³-hybridized carbons (Fsp3) is 0.348. The highest BCUT2D eigenvalue weighted by atomic mass is 32.2. The van der Waals surface area contributed by atoms with Crippen LogP contribution in [0.5, 0.6) is 5.75 Å². The van der Waals surface area contributed by atoms with Crippen LogP contribution in [0.25, 0.3) is 17.2 Å². The van der Waals surface area contributed by atoms with Crippen LogP contribution in [0.15, 0.2) is 54.0 Å². The molecule has 2 aromatic carbocycles. The molecule has 0 amide bonds. The fourth-order valence-corrected chi connectivity index (χ4v) is 3.59. The number of carbonyl (C=O) groups excluding carboxylic acids is 1. The highest BCUT2D eigenvalue weighted by Gasteiger charge is 2.52. The van der Waals surface area contributed by atoms with Crippen molar-refractivity contribution in [2.75, 3.05) is 5.75 Å². The zero-order valence-corrected chi connectivity index (χ0v) is 18.4. The van der Waals surface area contributed by atoms with Crippen LogP contribution in [0, 0.1) is 0 Å². The van der Waals surface area contributed by atoms with Crippen LogP contribution < -0.4 is 0 Å². The Morgan fingerprint density at radius 2 is 1.45 bits per heavy atom. The lowest BCUT2D eigenvalue weighted by molar-refractivity contribution is -0.109. The largest absolute Gasteiger partial charge is 0.508 e. The number of phenolic OH excluding ortho intramolecular Hbond substituents is 1. The number of phenols is 1. The molecule has 1 aliphatic rings. The summed E-state index contributed by atoms with van der Waals surface area (Å²) in [6.07, 6.45) is 2.04. The molecule has 6 heteroatoms. The molecule has 0 aromatic heterocycles. The zero-order chi connectivity index (χ0) is 21.2. The molecule has 0 saturated carbocycles. The first kappa shape index (κ1) is 21.7. The summed E-state index contributed by atoms with van der Waals surface area (Å²) >= 11 is 1.26. The maximum absolute atomic E-state index is 11.5. The van der Waals surface area contributed by atoms with E-state index in [1.54, 1.807) is 19.1 Å². The standard InChI is InChI=1S/C23H27BO4S/c1-16(25)29-15-20(24-27-22(2,3)23(4,5)28-24)14-17-6-8-18(9-7-17)19-10-12-21(26)13-11-19/h6-14,26H,15H2,1-5H3. The lowest BCUT2D eigenvalue weighted by atomic mass is 9.78. The molecular formula is C23H27BO4S. The minimum absolute atomic E-state index is 0.0649. The molecule has 0 bridgehead atoms. The van der Waals surface area contributed by atoms with Crippen molar-refractivity contribution in [1.82, 2.24) is 0 Å². The quantitative estimate of drug-likeness (QED) is 0.673. The average Bonchev–Trinajstić information content (AvgIpc) is 2.87. The second-order valence-corrected chi connectivity index (χ2v) is 9.41. The summed E-state index contributed by atoms with van der Waals surface area (Å²) in [4.78, 5) is 11.5. The van der Waals surface area contributed by atoms with Gasteiger partial charge in [-0.1, -0.05) is 54.2 Å². The summed E-state index contributed by atoms with van der Waals surface area (Å²) in [7, 11) is -0.483. The third-order valence-corrected chi connectivity index (χ3v) is 6.35. The van der Waals surface area contributed by atoms with E-state index in [9.17, 15) is 9.90 Å². The zero-order valence-electron chi connectivity index (χ0n) is 17.6. The van der Waals surface area contributed by atoms with Gasteiger partial charge in [0.2, 0.25) is 0 Å². The lowest BCUT2D eigenvalue weighted by Crippen LogP contribution is -2.41. The molecule has 0 radical (unpaired) electrons. The van der Waals surface area contributed by atoms with E-state index in [0.29, 0.717) is 5.75 Å². The van der Waals surface area contributed by atoms with Gasteiger partial charge in [0.05, 0.1) is 11.2 Å². The number of rotatable bonds is 5. The number of thioether (sulfide) groups is 1. The highest BCUT2D eigenvalue weighted by Crippen LogP contribution is 2.39. The summed E-state index contributed by atoms with van der Waals surface area (Å²) in [5, 5.41) is 9.52. The van der Waals surface area contributed by atoms with Gasteiger partial charge in [-0.15, -0.1) is 0 Å². The van der Waals surface area contributed by atoms with E-state index in [1.165, 1.54) is 11.8 Å². The van der Waals surface area contributed by atoms with Crippen molar-refractivity contribution >= 4 is 30.1 Å². The maximum atomic E-state index is 11.5. The molecule has 2 aromatic rings. The first-order chi connectivity index (χ1) is 13.6. The minimum atomic E-state index is -0.483. The summed E-state index contributed by atoms with van der Waals surface area (Å²) < 4.78 is 12.4. The SMILES string of the molecule is CC(=O)SCC(=Cc1ccc(-c2ccc(O)cc2)cc1)B1OC(C)(C)C(C)(C)O1. The van der Waals surface area contributed by atoms with Crippen LogP contribution in [0.3, 0.4) is 0 Å². The number of carbonyl (C=O) groups is 1. The molecule has 29 heavy (non-hydrogen) atoms. The minimum Gasteiger partial charge on any atom is -0.508 e. The van der Waals surface area contributed by atoms with Crippen molar-refractivity contribution in [3.8, 4) is 16.9 Å². The Kier molecular flexibility index (Phi) is 6.27. The third-order valence-electron chi connectivity index (χ3n) is 5.46. The smallest absolute Gasteiger partial charge is 0.491 e. The van der Waals surface area contributed by atoms with Crippen LogP contribution >= 0.6 is 11.8 Å². The first-order valence-electron chi connectivity index (χ1n) is 9.66. The van der Waals surface area contributed by atoms with Crippen molar-refractivity contribution in [2.45, 2.75) is 45.8 Å². The van der Waals surface area contributed by atoms with E-state index in [1.807, 2.05) is 70.2 Å². The Bertz CT molecular complexity index is 885. The van der Waals surface area contributed by atoms with E-state index >= 15 is 0 Å². The van der Waals surface area contributed by atoms with Gasteiger partial charge in [-0.2, -0.15) is 0 Å². The molecule has 0 atom stereocenters. The monoisotopic (exact) mass is 410 g/mol. The third kappa shape index (κ3) is 5.13. The predicted molar refractivity (Wildman–Crippen MR) is 121 cm³/mol. The first-order valence-corrected chi connectivity index (χ1v) is 10.6.